The average molecular weight is 483 g/mol. The van der Waals surface area contributed by atoms with Gasteiger partial charge in [0, 0.05) is 5.39 Å². The number of benzene rings is 2. The van der Waals surface area contributed by atoms with Crippen molar-refractivity contribution in [2.24, 2.45) is 0 Å². The van der Waals surface area contributed by atoms with Gasteiger partial charge in [-0.2, -0.15) is 0 Å². The molecule has 0 N–H and O–H groups in total. The van der Waals surface area contributed by atoms with E-state index in [1.807, 2.05) is 39.8 Å². The number of hydrogen-bond acceptors (Lipinski definition) is 3. The first kappa shape index (κ1) is 26.8. The van der Waals surface area contributed by atoms with Crippen molar-refractivity contribution in [2.75, 3.05) is 7.11 Å². The van der Waals surface area contributed by atoms with Gasteiger partial charge in [-0.3, -0.25) is 0 Å². The zero-order valence-electron chi connectivity index (χ0n) is 22.7. The van der Waals surface area contributed by atoms with Crippen LogP contribution in [0.3, 0.4) is 0 Å². The quantitative estimate of drug-likeness (QED) is 0.344. The topological polar surface area (TPSA) is 27.7 Å². The van der Waals surface area contributed by atoms with E-state index >= 15 is 4.39 Å². The van der Waals surface area contributed by atoms with Crippen LogP contribution in [0.5, 0.6) is 5.75 Å². The molecule has 1 aliphatic rings. The average Bonchev–Trinajstić information content (AvgIpc) is 2.95. The van der Waals surface area contributed by atoms with Gasteiger partial charge in [-0.25, -0.2) is 4.39 Å². The van der Waals surface area contributed by atoms with Crippen LogP contribution in [0.4, 0.5) is 4.39 Å². The van der Waals surface area contributed by atoms with E-state index < -0.39 is 26.4 Å². The van der Waals surface area contributed by atoms with Gasteiger partial charge in [0.05, 0.1) is 23.9 Å². The molecular formula is C28H40BFO3Si. The van der Waals surface area contributed by atoms with Crippen molar-refractivity contribution in [3.05, 3.63) is 35.6 Å². The van der Waals surface area contributed by atoms with Crippen molar-refractivity contribution in [2.45, 2.75) is 97.1 Å². The van der Waals surface area contributed by atoms with E-state index in [9.17, 15) is 0 Å². The summed E-state index contributed by atoms with van der Waals surface area (Å²) in [6.07, 6.45) is 0. The number of halogens is 1. The molecule has 0 atom stereocenters. The Morgan fingerprint density at radius 1 is 0.912 bits per heavy atom. The van der Waals surface area contributed by atoms with Gasteiger partial charge >= 0.3 is 7.12 Å². The first-order chi connectivity index (χ1) is 15.7. The van der Waals surface area contributed by atoms with E-state index in [1.54, 1.807) is 13.2 Å². The zero-order chi connectivity index (χ0) is 25.6. The van der Waals surface area contributed by atoms with Gasteiger partial charge in [-0.05, 0) is 73.4 Å². The Balaban J connectivity index is 2.32. The lowest BCUT2D eigenvalue weighted by Crippen LogP contribution is -2.43. The predicted molar refractivity (Wildman–Crippen MR) is 144 cm³/mol. The minimum atomic E-state index is -2.05. The van der Waals surface area contributed by atoms with Crippen LogP contribution < -0.4 is 10.2 Å². The van der Waals surface area contributed by atoms with Crippen LogP contribution in [0.2, 0.25) is 16.6 Å². The molecule has 0 aliphatic carbocycles. The molecule has 6 heteroatoms. The second-order valence-electron chi connectivity index (χ2n) is 11.5. The summed E-state index contributed by atoms with van der Waals surface area (Å²) in [6.45, 7) is 21.7. The Labute approximate surface area is 206 Å². The van der Waals surface area contributed by atoms with Crippen molar-refractivity contribution in [3.63, 3.8) is 0 Å². The molecule has 2 aromatic carbocycles. The summed E-state index contributed by atoms with van der Waals surface area (Å²) in [5.41, 5.74) is 5.22. The maximum absolute atomic E-state index is 15.5. The third kappa shape index (κ3) is 4.43. The Bertz CT molecular complexity index is 1090. The van der Waals surface area contributed by atoms with Crippen molar-refractivity contribution < 1.29 is 18.4 Å². The lowest BCUT2D eigenvalue weighted by atomic mass is 9.74. The molecule has 0 saturated carbocycles. The fourth-order valence-corrected chi connectivity index (χ4v) is 10.7. The standard InChI is InChI=1S/C28H40BFO3Si/c1-18(2)34(19(3)4,20(5)6)15-14-23-25(30)13-12-21-16-22(31-11)17-24(26(21)23)29-32-27(7,8)28(9,10)33-29/h12-13,16-20H,1-11H3. The smallest absolute Gasteiger partial charge is 0.495 e. The summed E-state index contributed by atoms with van der Waals surface area (Å²) in [5, 5.41) is 1.60. The molecule has 0 unspecified atom stereocenters. The van der Waals surface area contributed by atoms with Crippen LogP contribution in [0, 0.1) is 17.3 Å². The fourth-order valence-electron chi connectivity index (χ4n) is 5.44. The number of methoxy groups -OCH3 is 1. The first-order valence-corrected chi connectivity index (χ1v) is 14.6. The van der Waals surface area contributed by atoms with Crippen molar-refractivity contribution >= 4 is 31.4 Å². The van der Waals surface area contributed by atoms with Crippen LogP contribution in [0.15, 0.2) is 24.3 Å². The van der Waals surface area contributed by atoms with Crippen molar-refractivity contribution in [1.82, 2.24) is 0 Å². The number of ether oxygens (including phenoxy) is 1. The summed E-state index contributed by atoms with van der Waals surface area (Å²) in [7, 11) is -1.06. The Kier molecular flexibility index (Phi) is 7.35. The Hall–Kier alpha value is -1.81. The zero-order valence-corrected chi connectivity index (χ0v) is 23.7. The lowest BCUT2D eigenvalue weighted by Gasteiger charge is -2.38. The highest BCUT2D eigenvalue weighted by Crippen LogP contribution is 2.41. The first-order valence-electron chi connectivity index (χ1n) is 12.4. The fraction of sp³-hybridized carbons (Fsp3) is 0.571. The van der Waals surface area contributed by atoms with E-state index in [0.29, 0.717) is 27.9 Å². The molecule has 1 fully saturated rings. The monoisotopic (exact) mass is 482 g/mol. The van der Waals surface area contributed by atoms with Crippen molar-refractivity contribution in [1.29, 1.82) is 0 Å². The summed E-state index contributed by atoms with van der Waals surface area (Å²) in [5.74, 6) is 3.73. The van der Waals surface area contributed by atoms with Crippen LogP contribution in [0.25, 0.3) is 10.8 Å². The number of hydrogen-bond donors (Lipinski definition) is 0. The van der Waals surface area contributed by atoms with Gasteiger partial charge in [-0.15, -0.1) is 5.54 Å². The van der Waals surface area contributed by atoms with Gasteiger partial charge in [-0.1, -0.05) is 53.5 Å². The molecule has 1 saturated heterocycles. The highest BCUT2D eigenvalue weighted by Gasteiger charge is 2.52. The van der Waals surface area contributed by atoms with Gasteiger partial charge in [0.2, 0.25) is 0 Å². The minimum Gasteiger partial charge on any atom is -0.497 e. The summed E-state index contributed by atoms with van der Waals surface area (Å²) < 4.78 is 33.8. The molecule has 0 spiro atoms. The summed E-state index contributed by atoms with van der Waals surface area (Å²) in [4.78, 5) is 0. The van der Waals surface area contributed by atoms with E-state index in [4.69, 9.17) is 14.0 Å². The minimum absolute atomic E-state index is 0.317. The molecule has 2 aromatic rings. The van der Waals surface area contributed by atoms with Crippen LogP contribution in [-0.2, 0) is 9.31 Å². The second-order valence-corrected chi connectivity index (χ2v) is 17.1. The van der Waals surface area contributed by atoms with E-state index in [-0.39, 0.29) is 5.82 Å². The Morgan fingerprint density at radius 2 is 1.44 bits per heavy atom. The molecule has 184 valence electrons. The molecule has 0 aromatic heterocycles. The molecule has 3 rings (SSSR count). The molecule has 3 nitrogen and oxygen atoms in total. The predicted octanol–water partition coefficient (Wildman–Crippen LogP) is 6.86. The third-order valence-electron chi connectivity index (χ3n) is 8.08. The van der Waals surface area contributed by atoms with Crippen LogP contribution in [-0.4, -0.2) is 33.5 Å². The second kappa shape index (κ2) is 9.33. The molecule has 0 bridgehead atoms. The van der Waals surface area contributed by atoms with Crippen molar-refractivity contribution in [3.8, 4) is 17.2 Å². The van der Waals surface area contributed by atoms with Gasteiger partial charge in [0.15, 0.2) is 0 Å². The van der Waals surface area contributed by atoms with E-state index in [1.165, 1.54) is 6.07 Å². The SMILES string of the molecule is COc1cc(B2OC(C)(C)C(C)(C)O2)c2c(C#C[Si](C(C)C)(C(C)C)C(C)C)c(F)ccc2c1. The van der Waals surface area contributed by atoms with Gasteiger partial charge < -0.3 is 14.0 Å². The maximum Gasteiger partial charge on any atom is 0.495 e. The highest BCUT2D eigenvalue weighted by atomic mass is 28.3. The Morgan fingerprint density at radius 3 is 1.91 bits per heavy atom. The normalized spacial score (nSPS) is 17.6. The molecule has 34 heavy (non-hydrogen) atoms. The maximum atomic E-state index is 15.5. The molecule has 0 amide bonds. The van der Waals surface area contributed by atoms with Gasteiger partial charge in [0.1, 0.15) is 19.6 Å². The number of fused-ring (bicyclic) bond motifs is 1. The highest BCUT2D eigenvalue weighted by molar-refractivity contribution is 6.90. The van der Waals surface area contributed by atoms with Crippen LogP contribution in [0.1, 0.15) is 74.8 Å². The van der Waals surface area contributed by atoms with E-state index in [2.05, 4.69) is 53.0 Å². The van der Waals surface area contributed by atoms with Gasteiger partial charge in [0.25, 0.3) is 0 Å². The summed E-state index contributed by atoms with van der Waals surface area (Å²) >= 11 is 0. The molecular weight excluding hydrogens is 442 g/mol. The van der Waals surface area contributed by atoms with Crippen LogP contribution >= 0.6 is 0 Å². The summed E-state index contributed by atoms with van der Waals surface area (Å²) in [6, 6.07) is 7.11. The molecule has 1 aliphatic heterocycles. The number of rotatable bonds is 5. The van der Waals surface area contributed by atoms with E-state index in [0.717, 1.165) is 16.2 Å². The largest absolute Gasteiger partial charge is 0.497 e. The molecule has 1 heterocycles. The lowest BCUT2D eigenvalue weighted by molar-refractivity contribution is 0.00578. The third-order valence-corrected chi connectivity index (χ3v) is 14.4. The molecule has 0 radical (unpaired) electrons.